The van der Waals surface area contributed by atoms with Crippen LogP contribution in [-0.4, -0.2) is 91.5 Å². The highest BCUT2D eigenvalue weighted by atomic mass is 16.5. The number of phenols is 2. The lowest BCUT2D eigenvalue weighted by Gasteiger charge is -2.36. The number of rotatable bonds is 10. The lowest BCUT2D eigenvalue weighted by atomic mass is 9.73. The first-order valence-corrected chi connectivity index (χ1v) is 14.0. The molecule has 0 amide bonds. The van der Waals surface area contributed by atoms with Gasteiger partial charge >= 0.3 is 0 Å². The second kappa shape index (κ2) is 15.7. The number of likely N-dealkylation sites (N-methyl/N-ethyl adjacent to an activating group) is 1. The SMILES string of the molecule is C=C1c2cccc(OC)c2C(=O)c2c(O)c3c(c(O)c21)C[C@@H](C(=O)CO)C[C@@H]3OCC(NC)C(O)C(C)OC.C=O.CC. The van der Waals surface area contributed by atoms with Crippen molar-refractivity contribution in [1.29, 1.82) is 0 Å². The van der Waals surface area contributed by atoms with Crippen LogP contribution >= 0.6 is 0 Å². The summed E-state index contributed by atoms with van der Waals surface area (Å²) >= 11 is 0. The van der Waals surface area contributed by atoms with Crippen LogP contribution in [0.4, 0.5) is 0 Å². The van der Waals surface area contributed by atoms with E-state index in [4.69, 9.17) is 19.0 Å². The second-order valence-corrected chi connectivity index (χ2v) is 9.94. The van der Waals surface area contributed by atoms with Gasteiger partial charge in [0.2, 0.25) is 5.78 Å². The third-order valence-corrected chi connectivity index (χ3v) is 7.91. The Morgan fingerprint density at radius 1 is 1.12 bits per heavy atom. The molecule has 0 aromatic heterocycles. The number of phenolic OH excluding ortho intramolecular Hbond substituents is 2. The zero-order valence-electron chi connectivity index (χ0n) is 25.6. The summed E-state index contributed by atoms with van der Waals surface area (Å²) in [5.41, 5.74) is 1.43. The van der Waals surface area contributed by atoms with Crippen molar-refractivity contribution in [2.75, 3.05) is 34.5 Å². The number of ketones is 2. The number of Topliss-reactive ketones (excluding diaryl/α,β-unsaturated/α-hetero) is 1. The number of hydrogen-bond donors (Lipinski definition) is 5. The van der Waals surface area contributed by atoms with Crippen LogP contribution in [-0.2, 0) is 25.5 Å². The third-order valence-electron chi connectivity index (χ3n) is 7.91. The molecule has 0 heterocycles. The summed E-state index contributed by atoms with van der Waals surface area (Å²) in [7, 11) is 4.57. The molecule has 2 aliphatic carbocycles. The van der Waals surface area contributed by atoms with Gasteiger partial charge in [-0.1, -0.05) is 32.6 Å². The van der Waals surface area contributed by atoms with Gasteiger partial charge in [0, 0.05) is 29.7 Å². The fraction of sp³-hybridized carbons (Fsp3) is 0.469. The van der Waals surface area contributed by atoms with Crippen molar-refractivity contribution in [3.8, 4) is 17.2 Å². The van der Waals surface area contributed by atoms with Crippen molar-refractivity contribution in [3.63, 3.8) is 0 Å². The minimum atomic E-state index is -0.933. The summed E-state index contributed by atoms with van der Waals surface area (Å²) in [6.45, 7) is 11.1. The van der Waals surface area contributed by atoms with E-state index >= 15 is 0 Å². The van der Waals surface area contributed by atoms with E-state index in [-0.39, 0.29) is 58.8 Å². The average Bonchev–Trinajstić information content (AvgIpc) is 3.05. The Hall–Kier alpha value is -3.61. The van der Waals surface area contributed by atoms with Crippen LogP contribution in [0.1, 0.15) is 71.5 Å². The predicted molar refractivity (Wildman–Crippen MR) is 161 cm³/mol. The largest absolute Gasteiger partial charge is 0.507 e. The minimum absolute atomic E-state index is 0.0342. The van der Waals surface area contributed by atoms with Gasteiger partial charge in [-0.2, -0.15) is 0 Å². The van der Waals surface area contributed by atoms with Crippen LogP contribution in [0, 0.1) is 5.92 Å². The molecule has 0 radical (unpaired) electrons. The topological polar surface area (TPSA) is 172 Å². The van der Waals surface area contributed by atoms with Crippen LogP contribution < -0.4 is 10.1 Å². The average molecular weight is 602 g/mol. The Balaban J connectivity index is 0.00000155. The van der Waals surface area contributed by atoms with Crippen LogP contribution in [0.15, 0.2) is 24.8 Å². The van der Waals surface area contributed by atoms with Crippen LogP contribution in [0.3, 0.4) is 0 Å². The number of aliphatic hydroxyl groups is 2. The lowest BCUT2D eigenvalue weighted by molar-refractivity contribution is -0.128. The molecule has 5 atom stereocenters. The van der Waals surface area contributed by atoms with E-state index in [1.54, 1.807) is 32.2 Å². The summed E-state index contributed by atoms with van der Waals surface area (Å²) in [6, 6.07) is 4.45. The standard InChI is InChI=1S/C29H35NO9.C2H6.CH2O/c1-13-16-7-6-8-20(38-5)23(16)28(35)25-22(13)27(34)17-9-15(19(32)11-31)10-21(24(17)29(25)36)39-12-18(30-3)26(33)14(2)37-4;2*1-2/h6-8,14-15,18,21,26,30-31,33-34,36H,1,9-12H2,2-5H3;1-2H3;1H2/t14?,15-,18?,21+,26?;;/m1../s1. The van der Waals surface area contributed by atoms with Gasteiger partial charge in [-0.15, -0.1) is 0 Å². The van der Waals surface area contributed by atoms with E-state index < -0.39 is 48.4 Å². The number of benzene rings is 2. The maximum Gasteiger partial charge on any atom is 0.201 e. The first-order valence-electron chi connectivity index (χ1n) is 14.0. The first kappa shape index (κ1) is 35.6. The van der Waals surface area contributed by atoms with Gasteiger partial charge in [-0.3, -0.25) is 9.59 Å². The van der Waals surface area contributed by atoms with Gasteiger partial charge < -0.3 is 44.7 Å². The van der Waals surface area contributed by atoms with Crippen molar-refractivity contribution in [1.82, 2.24) is 5.32 Å². The highest BCUT2D eigenvalue weighted by Gasteiger charge is 2.42. The molecule has 11 nitrogen and oxygen atoms in total. The molecule has 2 aliphatic rings. The zero-order chi connectivity index (χ0) is 32.6. The lowest BCUT2D eigenvalue weighted by Crippen LogP contribution is -2.47. The fourth-order valence-electron chi connectivity index (χ4n) is 5.58. The van der Waals surface area contributed by atoms with Crippen LogP contribution in [0.25, 0.3) is 5.57 Å². The molecule has 2 aromatic carbocycles. The molecule has 11 heteroatoms. The number of methoxy groups -OCH3 is 2. The number of fused-ring (bicyclic) bond motifs is 3. The summed E-state index contributed by atoms with van der Waals surface area (Å²) in [5.74, 6) is -2.01. The molecule has 0 aliphatic heterocycles. The Bertz CT molecular complexity index is 1320. The van der Waals surface area contributed by atoms with E-state index in [0.29, 0.717) is 16.9 Å². The monoisotopic (exact) mass is 601 g/mol. The molecule has 2 aromatic rings. The molecular weight excluding hydrogens is 558 g/mol. The normalized spacial score (nSPS) is 18.8. The van der Waals surface area contributed by atoms with Crippen LogP contribution in [0.5, 0.6) is 17.2 Å². The highest BCUT2D eigenvalue weighted by molar-refractivity contribution is 6.22. The van der Waals surface area contributed by atoms with Crippen molar-refractivity contribution in [3.05, 3.63) is 58.2 Å². The Morgan fingerprint density at radius 2 is 1.77 bits per heavy atom. The molecule has 5 N–H and O–H groups in total. The zero-order valence-corrected chi connectivity index (χ0v) is 25.6. The maximum atomic E-state index is 13.8. The van der Waals surface area contributed by atoms with E-state index in [1.807, 2.05) is 20.6 Å². The number of ether oxygens (including phenoxy) is 3. The van der Waals surface area contributed by atoms with E-state index in [9.17, 15) is 30.0 Å². The molecule has 0 bridgehead atoms. The third kappa shape index (κ3) is 6.66. The van der Waals surface area contributed by atoms with Gasteiger partial charge in [-0.05, 0) is 44.0 Å². The van der Waals surface area contributed by atoms with Gasteiger partial charge in [0.15, 0.2) is 5.78 Å². The van der Waals surface area contributed by atoms with Crippen molar-refractivity contribution >= 4 is 23.9 Å². The number of carbonyl (C=O) groups excluding carboxylic acids is 3. The summed E-state index contributed by atoms with van der Waals surface area (Å²) < 4.78 is 16.8. The molecule has 0 spiro atoms. The van der Waals surface area contributed by atoms with E-state index in [2.05, 4.69) is 11.9 Å². The smallest absolute Gasteiger partial charge is 0.201 e. The Kier molecular flexibility index (Phi) is 13.0. The molecule has 0 saturated heterocycles. The van der Waals surface area contributed by atoms with Crippen molar-refractivity contribution in [2.45, 2.75) is 58.0 Å². The Labute approximate surface area is 252 Å². The molecule has 4 rings (SSSR count). The summed E-state index contributed by atoms with van der Waals surface area (Å²) in [4.78, 5) is 34.3. The summed E-state index contributed by atoms with van der Waals surface area (Å²) in [5, 5.41) is 46.3. The van der Waals surface area contributed by atoms with Crippen molar-refractivity contribution < 1.29 is 49.0 Å². The quantitative estimate of drug-likeness (QED) is 0.216. The molecule has 3 unspecified atom stereocenters. The second-order valence-electron chi connectivity index (χ2n) is 9.94. The summed E-state index contributed by atoms with van der Waals surface area (Å²) in [6.07, 6.45) is -2.23. The van der Waals surface area contributed by atoms with Gasteiger partial charge in [0.25, 0.3) is 0 Å². The predicted octanol–water partition coefficient (Wildman–Crippen LogP) is 2.72. The van der Waals surface area contributed by atoms with E-state index in [0.717, 1.165) is 0 Å². The molecular formula is C32H43NO10. The molecule has 236 valence electrons. The van der Waals surface area contributed by atoms with Gasteiger partial charge in [0.05, 0.1) is 49.2 Å². The number of nitrogens with one attached hydrogen (secondary N) is 1. The van der Waals surface area contributed by atoms with Crippen molar-refractivity contribution in [2.24, 2.45) is 5.92 Å². The maximum absolute atomic E-state index is 13.8. The fourth-order valence-corrected chi connectivity index (χ4v) is 5.58. The number of hydrogen-bond acceptors (Lipinski definition) is 11. The molecule has 0 saturated carbocycles. The van der Waals surface area contributed by atoms with Gasteiger partial charge in [0.1, 0.15) is 30.6 Å². The number of carbonyl (C=O) groups is 3. The highest BCUT2D eigenvalue weighted by Crippen LogP contribution is 2.53. The van der Waals surface area contributed by atoms with E-state index in [1.165, 1.54) is 14.2 Å². The molecule has 43 heavy (non-hydrogen) atoms. The minimum Gasteiger partial charge on any atom is -0.507 e. The number of aliphatic hydroxyl groups excluding tert-OH is 2. The Morgan fingerprint density at radius 3 is 2.33 bits per heavy atom. The first-order chi connectivity index (χ1) is 20.6. The number of aromatic hydroxyl groups is 2. The molecule has 0 fully saturated rings. The van der Waals surface area contributed by atoms with Crippen LogP contribution in [0.2, 0.25) is 0 Å². The van der Waals surface area contributed by atoms with Gasteiger partial charge in [-0.25, -0.2) is 0 Å².